The fraction of sp³-hybridized carbons (Fsp3) is 0.385. The van der Waals surface area contributed by atoms with Crippen LogP contribution < -0.4 is 25.8 Å². The van der Waals surface area contributed by atoms with Crippen LogP contribution in [0.5, 0.6) is 5.75 Å². The zero-order valence-electron chi connectivity index (χ0n) is 20.3. The van der Waals surface area contributed by atoms with Gasteiger partial charge in [0.25, 0.3) is 0 Å². The predicted octanol–water partition coefficient (Wildman–Crippen LogP) is 2.76. The van der Waals surface area contributed by atoms with Gasteiger partial charge in [-0.2, -0.15) is 0 Å². The number of aryl methyl sites for hydroxylation is 1. The Morgan fingerprint density at radius 1 is 1.23 bits per heavy atom. The molecule has 182 valence electrons. The molecule has 1 aliphatic heterocycles. The molecule has 0 aliphatic carbocycles. The van der Waals surface area contributed by atoms with Crippen molar-refractivity contribution in [3.63, 3.8) is 0 Å². The van der Waals surface area contributed by atoms with E-state index in [1.807, 2.05) is 18.2 Å². The number of nitrogens with one attached hydrogen (secondary N) is 2. The highest BCUT2D eigenvalue weighted by molar-refractivity contribution is 5.87. The van der Waals surface area contributed by atoms with Crippen LogP contribution >= 0.6 is 0 Å². The van der Waals surface area contributed by atoms with E-state index in [-0.39, 0.29) is 0 Å². The van der Waals surface area contributed by atoms with E-state index in [0.717, 1.165) is 61.4 Å². The number of hydrogen-bond donors (Lipinski definition) is 2. The number of piperazine rings is 1. The third-order valence-corrected chi connectivity index (χ3v) is 7.02. The first-order chi connectivity index (χ1) is 17.0. The normalized spacial score (nSPS) is 16.8. The minimum absolute atomic E-state index is 0.401. The average molecular weight is 475 g/mol. The summed E-state index contributed by atoms with van der Waals surface area (Å²) >= 11 is 0. The molecular weight excluding hydrogens is 444 g/mol. The van der Waals surface area contributed by atoms with E-state index < -0.39 is 10.9 Å². The molecule has 1 saturated heterocycles. The number of ether oxygens (including phenoxy) is 1. The number of nitrogens with zero attached hydrogens (tertiary/aromatic N) is 4. The van der Waals surface area contributed by atoms with Gasteiger partial charge >= 0.3 is 0 Å². The number of aromatic nitrogens is 3. The number of hydrogen-bond acceptors (Lipinski definition) is 8. The zero-order chi connectivity index (χ0) is 24.5. The molecule has 1 aliphatic rings. The highest BCUT2D eigenvalue weighted by Gasteiger charge is 2.26. The second-order valence-electron chi connectivity index (χ2n) is 9.21. The van der Waals surface area contributed by atoms with E-state index in [0.29, 0.717) is 23.0 Å². The summed E-state index contributed by atoms with van der Waals surface area (Å²) in [6, 6.07) is 6.38. The number of H-pyrrole nitrogens is 1. The average Bonchev–Trinajstić information content (AvgIpc) is 3.29. The van der Waals surface area contributed by atoms with Gasteiger partial charge in [-0.1, -0.05) is 0 Å². The van der Waals surface area contributed by atoms with Crippen LogP contribution in [0, 0.1) is 6.92 Å². The number of benzene rings is 1. The minimum Gasteiger partial charge on any atom is -0.491 e. The smallest absolute Gasteiger partial charge is 0.249 e. The second-order valence-corrected chi connectivity index (χ2v) is 9.21. The summed E-state index contributed by atoms with van der Waals surface area (Å²) in [6.45, 7) is 7.72. The summed E-state index contributed by atoms with van der Waals surface area (Å²) in [7, 11) is 1.65. The Bertz CT molecular complexity index is 1420. The first-order valence-electron chi connectivity index (χ1n) is 12.0. The maximum atomic E-state index is 11.8. The Labute approximate surface area is 203 Å². The molecule has 1 fully saturated rings. The third kappa shape index (κ3) is 4.39. The molecule has 1 unspecified atom stereocenters. The molecule has 1 atom stereocenters. The van der Waals surface area contributed by atoms with Crippen molar-refractivity contribution in [2.75, 3.05) is 43.5 Å². The van der Waals surface area contributed by atoms with Crippen LogP contribution in [0.25, 0.3) is 10.9 Å². The first kappa shape index (κ1) is 23.0. The Morgan fingerprint density at radius 3 is 2.86 bits per heavy atom. The van der Waals surface area contributed by atoms with Gasteiger partial charge in [0.05, 0.1) is 19.0 Å². The van der Waals surface area contributed by atoms with Crippen molar-refractivity contribution >= 4 is 28.1 Å². The van der Waals surface area contributed by atoms with Crippen LogP contribution in [0.1, 0.15) is 24.5 Å². The van der Waals surface area contributed by atoms with Crippen molar-refractivity contribution in [1.82, 2.24) is 19.9 Å². The largest absolute Gasteiger partial charge is 0.491 e. The fourth-order valence-electron chi connectivity index (χ4n) is 4.95. The maximum Gasteiger partial charge on any atom is 0.249 e. The lowest BCUT2D eigenvalue weighted by molar-refractivity contribution is 0.186. The number of methoxy groups -OCH3 is 1. The highest BCUT2D eigenvalue weighted by atomic mass is 16.5. The van der Waals surface area contributed by atoms with Crippen molar-refractivity contribution in [2.45, 2.75) is 32.7 Å². The molecule has 9 nitrogen and oxygen atoms in total. The van der Waals surface area contributed by atoms with E-state index in [2.05, 4.69) is 43.2 Å². The number of aromatic amines is 1. The maximum absolute atomic E-state index is 11.8. The van der Waals surface area contributed by atoms with E-state index >= 15 is 0 Å². The molecule has 9 heteroatoms. The van der Waals surface area contributed by atoms with Gasteiger partial charge in [-0.05, 0) is 57.0 Å². The summed E-state index contributed by atoms with van der Waals surface area (Å²) in [5, 5.41) is 4.26. The summed E-state index contributed by atoms with van der Waals surface area (Å²) < 4.78 is 5.43. The van der Waals surface area contributed by atoms with Gasteiger partial charge in [0, 0.05) is 54.0 Å². The molecular formula is C26H30N6O3. The SMILES string of the molecule is COc1cncnc1N1CCN(CCCc2c[nH]c3ccc(Nc4c(C)c(=O)c4=O)cc23)C(C)C1. The van der Waals surface area contributed by atoms with Crippen molar-refractivity contribution < 1.29 is 4.74 Å². The van der Waals surface area contributed by atoms with Crippen molar-refractivity contribution in [3.8, 4) is 5.75 Å². The number of anilines is 3. The predicted molar refractivity (Wildman–Crippen MR) is 138 cm³/mol. The second kappa shape index (κ2) is 9.50. The highest BCUT2D eigenvalue weighted by Crippen LogP contribution is 2.28. The lowest BCUT2D eigenvalue weighted by Crippen LogP contribution is -2.52. The van der Waals surface area contributed by atoms with Crippen LogP contribution in [0.2, 0.25) is 0 Å². The van der Waals surface area contributed by atoms with E-state index in [1.54, 1.807) is 26.6 Å². The zero-order valence-corrected chi connectivity index (χ0v) is 20.3. The van der Waals surface area contributed by atoms with E-state index in [1.165, 1.54) is 5.56 Å². The van der Waals surface area contributed by atoms with Crippen LogP contribution in [-0.2, 0) is 6.42 Å². The fourth-order valence-corrected chi connectivity index (χ4v) is 4.95. The molecule has 0 amide bonds. The molecule has 2 aromatic carbocycles. The lowest BCUT2D eigenvalue weighted by atomic mass is 10.1. The van der Waals surface area contributed by atoms with Gasteiger partial charge in [-0.3, -0.25) is 14.5 Å². The Balaban J connectivity index is 1.19. The van der Waals surface area contributed by atoms with Gasteiger partial charge in [-0.15, -0.1) is 0 Å². The molecule has 35 heavy (non-hydrogen) atoms. The molecule has 4 aromatic rings. The van der Waals surface area contributed by atoms with Crippen molar-refractivity contribution in [3.05, 3.63) is 68.5 Å². The standard InChI is InChI=1S/C26H30N6O3/c1-16-14-32(26-22(35-3)13-27-15-29-26)10-9-31(16)8-4-5-18-12-28-21-7-6-19(11-20(18)21)30-23-17(2)24(33)25(23)34/h6-7,11-13,15-16,28,30H,4-5,8-10,14H2,1-3H3. The van der Waals surface area contributed by atoms with E-state index in [4.69, 9.17) is 4.74 Å². The van der Waals surface area contributed by atoms with Crippen LogP contribution in [0.3, 0.4) is 0 Å². The van der Waals surface area contributed by atoms with Gasteiger partial charge in [-0.25, -0.2) is 9.97 Å². The number of rotatable bonds is 8. The molecule has 5 rings (SSSR count). The molecule has 0 bridgehead atoms. The molecule has 0 saturated carbocycles. The van der Waals surface area contributed by atoms with Gasteiger partial charge in [0.15, 0.2) is 11.6 Å². The molecule has 3 heterocycles. The Morgan fingerprint density at radius 2 is 2.09 bits per heavy atom. The van der Waals surface area contributed by atoms with Gasteiger partial charge < -0.3 is 19.9 Å². The summed E-state index contributed by atoms with van der Waals surface area (Å²) in [5.41, 5.74) is 3.19. The summed E-state index contributed by atoms with van der Waals surface area (Å²) in [6.07, 6.45) is 7.35. The topological polar surface area (TPSA) is 103 Å². The monoisotopic (exact) mass is 474 g/mol. The Kier molecular flexibility index (Phi) is 6.25. The molecule has 0 radical (unpaired) electrons. The van der Waals surface area contributed by atoms with Crippen LogP contribution in [0.15, 0.2) is 46.5 Å². The molecule has 2 N–H and O–H groups in total. The van der Waals surface area contributed by atoms with E-state index in [9.17, 15) is 9.59 Å². The molecule has 0 spiro atoms. The van der Waals surface area contributed by atoms with Gasteiger partial charge in [0.2, 0.25) is 10.9 Å². The van der Waals surface area contributed by atoms with Gasteiger partial charge in [0.1, 0.15) is 6.33 Å². The van der Waals surface area contributed by atoms with Crippen molar-refractivity contribution in [2.24, 2.45) is 0 Å². The lowest BCUT2D eigenvalue weighted by Gasteiger charge is -2.40. The van der Waals surface area contributed by atoms with Crippen LogP contribution in [0.4, 0.5) is 17.2 Å². The molecule has 2 aromatic heterocycles. The van der Waals surface area contributed by atoms with Crippen LogP contribution in [-0.4, -0.2) is 59.2 Å². The third-order valence-electron chi connectivity index (χ3n) is 7.02. The minimum atomic E-state index is -0.440. The van der Waals surface area contributed by atoms with Crippen molar-refractivity contribution in [1.29, 1.82) is 0 Å². The quantitative estimate of drug-likeness (QED) is 0.376. The Hall–Kier alpha value is -3.72. The number of fused-ring (bicyclic) bond motifs is 1. The summed E-state index contributed by atoms with van der Waals surface area (Å²) in [4.78, 5) is 40.0. The first-order valence-corrected chi connectivity index (χ1v) is 12.0. The summed E-state index contributed by atoms with van der Waals surface area (Å²) in [5.74, 6) is 1.57.